The van der Waals surface area contributed by atoms with E-state index in [9.17, 15) is 4.79 Å². The molecule has 0 aliphatic rings. The van der Waals surface area contributed by atoms with Gasteiger partial charge in [0.1, 0.15) is 6.54 Å². The van der Waals surface area contributed by atoms with E-state index >= 15 is 0 Å². The Hall–Kier alpha value is -2.30. The molecule has 5 heteroatoms. The lowest BCUT2D eigenvalue weighted by molar-refractivity contribution is -0.138. The Kier molecular flexibility index (Phi) is 4.08. The van der Waals surface area contributed by atoms with E-state index < -0.39 is 0 Å². The Labute approximate surface area is 118 Å². The van der Waals surface area contributed by atoms with Crippen molar-refractivity contribution in [2.24, 2.45) is 0 Å². The van der Waals surface area contributed by atoms with Gasteiger partial charge in [0.15, 0.2) is 0 Å². The Morgan fingerprint density at radius 1 is 1.35 bits per heavy atom. The van der Waals surface area contributed by atoms with Crippen LogP contribution in [0.25, 0.3) is 10.9 Å². The lowest BCUT2D eigenvalue weighted by Gasteiger charge is -2.15. The van der Waals surface area contributed by atoms with E-state index in [1.165, 1.54) is 7.11 Å². The Bertz CT molecular complexity index is 638. The van der Waals surface area contributed by atoms with Gasteiger partial charge < -0.3 is 15.0 Å². The summed E-state index contributed by atoms with van der Waals surface area (Å²) in [5, 5.41) is 4.10. The molecular formula is C15H19N3O2. The van der Waals surface area contributed by atoms with Crippen LogP contribution in [0.4, 0.5) is 11.4 Å². The number of anilines is 2. The van der Waals surface area contributed by atoms with E-state index in [1.54, 1.807) is 0 Å². The van der Waals surface area contributed by atoms with E-state index in [2.05, 4.69) is 21.1 Å². The summed E-state index contributed by atoms with van der Waals surface area (Å²) >= 11 is 0. The molecule has 0 atom stereocenters. The van der Waals surface area contributed by atoms with Crippen LogP contribution in [-0.4, -0.2) is 38.7 Å². The summed E-state index contributed by atoms with van der Waals surface area (Å²) in [5.41, 5.74) is 3.79. The first-order chi connectivity index (χ1) is 9.51. The summed E-state index contributed by atoms with van der Waals surface area (Å²) in [5.74, 6) is -0.295. The fourth-order valence-corrected chi connectivity index (χ4v) is 2.01. The summed E-state index contributed by atoms with van der Waals surface area (Å²) in [6.07, 6.45) is 0. The van der Waals surface area contributed by atoms with Crippen LogP contribution in [-0.2, 0) is 9.53 Å². The number of benzene rings is 1. The average molecular weight is 273 g/mol. The Balaban J connectivity index is 2.44. The normalized spacial score (nSPS) is 10.4. The number of rotatable bonds is 4. The Morgan fingerprint density at radius 2 is 2.10 bits per heavy atom. The molecule has 5 nitrogen and oxygen atoms in total. The molecule has 0 aliphatic heterocycles. The van der Waals surface area contributed by atoms with E-state index in [4.69, 9.17) is 0 Å². The zero-order valence-electron chi connectivity index (χ0n) is 12.2. The number of hydrogen-bond acceptors (Lipinski definition) is 5. The summed E-state index contributed by atoms with van der Waals surface area (Å²) in [6, 6.07) is 8.01. The van der Waals surface area contributed by atoms with Crippen molar-refractivity contribution in [2.45, 2.75) is 6.92 Å². The van der Waals surface area contributed by atoms with Crippen LogP contribution in [0.15, 0.2) is 24.3 Å². The molecule has 2 aromatic rings. The zero-order chi connectivity index (χ0) is 14.7. The number of ether oxygens (including phenoxy) is 1. The number of carbonyl (C=O) groups is 1. The molecule has 106 valence electrons. The molecule has 20 heavy (non-hydrogen) atoms. The summed E-state index contributed by atoms with van der Waals surface area (Å²) < 4.78 is 4.65. The third-order valence-electron chi connectivity index (χ3n) is 3.09. The monoisotopic (exact) mass is 273 g/mol. The van der Waals surface area contributed by atoms with E-state index in [0.29, 0.717) is 0 Å². The number of carbonyl (C=O) groups excluding carboxylic acids is 1. The van der Waals surface area contributed by atoms with Gasteiger partial charge in [-0.2, -0.15) is 0 Å². The molecule has 1 N–H and O–H groups in total. The first-order valence-electron chi connectivity index (χ1n) is 6.40. The van der Waals surface area contributed by atoms with Crippen LogP contribution < -0.4 is 10.2 Å². The number of hydrogen-bond donors (Lipinski definition) is 1. The van der Waals surface area contributed by atoms with Crippen molar-refractivity contribution >= 4 is 28.2 Å². The summed E-state index contributed by atoms with van der Waals surface area (Å²) in [4.78, 5) is 17.8. The van der Waals surface area contributed by atoms with E-state index in [-0.39, 0.29) is 12.5 Å². The third kappa shape index (κ3) is 2.99. The fourth-order valence-electron chi connectivity index (χ4n) is 2.01. The molecule has 0 amide bonds. The first kappa shape index (κ1) is 14.1. The molecule has 0 aliphatic carbocycles. The number of nitrogens with zero attached hydrogens (tertiary/aromatic N) is 2. The van der Waals surface area contributed by atoms with Crippen molar-refractivity contribution in [3.05, 3.63) is 30.0 Å². The SMILES string of the molecule is COC(=O)CNc1cc(C)nc2ccc(N(C)C)cc12. The zero-order valence-corrected chi connectivity index (χ0v) is 12.2. The molecule has 0 saturated heterocycles. The van der Waals surface area contributed by atoms with Crippen LogP contribution in [0.2, 0.25) is 0 Å². The molecule has 0 saturated carbocycles. The van der Waals surface area contributed by atoms with Crippen molar-refractivity contribution in [3.8, 4) is 0 Å². The van der Waals surface area contributed by atoms with Gasteiger partial charge in [0.2, 0.25) is 0 Å². The van der Waals surface area contributed by atoms with Crippen molar-refractivity contribution in [2.75, 3.05) is 38.0 Å². The van der Waals surface area contributed by atoms with Gasteiger partial charge in [0.25, 0.3) is 0 Å². The maximum Gasteiger partial charge on any atom is 0.325 e. The quantitative estimate of drug-likeness (QED) is 0.865. The fraction of sp³-hybridized carbons (Fsp3) is 0.333. The average Bonchev–Trinajstić information content (AvgIpc) is 2.43. The molecule has 0 radical (unpaired) electrons. The molecule has 1 aromatic carbocycles. The van der Waals surface area contributed by atoms with Crippen LogP contribution in [0.1, 0.15) is 5.69 Å². The second-order valence-electron chi connectivity index (χ2n) is 4.84. The number of esters is 1. The van der Waals surface area contributed by atoms with Crippen molar-refractivity contribution < 1.29 is 9.53 Å². The minimum Gasteiger partial charge on any atom is -0.468 e. The number of fused-ring (bicyclic) bond motifs is 1. The maximum atomic E-state index is 11.3. The second-order valence-corrected chi connectivity index (χ2v) is 4.84. The largest absolute Gasteiger partial charge is 0.468 e. The van der Waals surface area contributed by atoms with E-state index in [0.717, 1.165) is 28.0 Å². The number of aromatic nitrogens is 1. The number of nitrogens with one attached hydrogen (secondary N) is 1. The van der Waals surface area contributed by atoms with Gasteiger partial charge in [-0.1, -0.05) is 0 Å². The van der Waals surface area contributed by atoms with Gasteiger partial charge in [-0.15, -0.1) is 0 Å². The molecule has 0 bridgehead atoms. The number of aryl methyl sites for hydroxylation is 1. The van der Waals surface area contributed by atoms with Gasteiger partial charge in [0, 0.05) is 36.6 Å². The van der Waals surface area contributed by atoms with Gasteiger partial charge in [0.05, 0.1) is 12.6 Å². The first-order valence-corrected chi connectivity index (χ1v) is 6.40. The Morgan fingerprint density at radius 3 is 2.75 bits per heavy atom. The van der Waals surface area contributed by atoms with Crippen molar-refractivity contribution in [3.63, 3.8) is 0 Å². The lowest BCUT2D eigenvalue weighted by atomic mass is 10.1. The van der Waals surface area contributed by atoms with Gasteiger partial charge in [-0.25, -0.2) is 0 Å². The van der Waals surface area contributed by atoms with Gasteiger partial charge in [-0.3, -0.25) is 9.78 Å². The minimum atomic E-state index is -0.295. The molecule has 0 unspecified atom stereocenters. The predicted molar refractivity (Wildman–Crippen MR) is 81.3 cm³/mol. The third-order valence-corrected chi connectivity index (χ3v) is 3.09. The van der Waals surface area contributed by atoms with Crippen LogP contribution in [0, 0.1) is 6.92 Å². The molecule has 0 fully saturated rings. The van der Waals surface area contributed by atoms with Crippen molar-refractivity contribution in [1.82, 2.24) is 4.98 Å². The number of methoxy groups -OCH3 is 1. The molecule has 2 rings (SSSR count). The molecule has 1 aromatic heterocycles. The highest BCUT2D eigenvalue weighted by Crippen LogP contribution is 2.27. The molecule has 0 spiro atoms. The summed E-state index contributed by atoms with van der Waals surface area (Å²) in [6.45, 7) is 2.07. The predicted octanol–water partition coefficient (Wildman–Crippen LogP) is 2.19. The number of pyridine rings is 1. The van der Waals surface area contributed by atoms with Gasteiger partial charge >= 0.3 is 5.97 Å². The maximum absolute atomic E-state index is 11.3. The van der Waals surface area contributed by atoms with Crippen molar-refractivity contribution in [1.29, 1.82) is 0 Å². The van der Waals surface area contributed by atoms with Crippen LogP contribution in [0.3, 0.4) is 0 Å². The van der Waals surface area contributed by atoms with Gasteiger partial charge in [-0.05, 0) is 31.2 Å². The van der Waals surface area contributed by atoms with E-state index in [1.807, 2.05) is 44.1 Å². The highest BCUT2D eigenvalue weighted by molar-refractivity contribution is 5.94. The standard InChI is InChI=1S/C15H19N3O2/c1-10-7-14(16-9-15(19)20-4)12-8-11(18(2)3)5-6-13(12)17-10/h5-8H,9H2,1-4H3,(H,16,17). The minimum absolute atomic E-state index is 0.140. The van der Waals surface area contributed by atoms with Crippen LogP contribution >= 0.6 is 0 Å². The second kappa shape index (κ2) is 5.77. The van der Waals surface area contributed by atoms with Crippen LogP contribution in [0.5, 0.6) is 0 Å². The smallest absolute Gasteiger partial charge is 0.325 e. The molecule has 1 heterocycles. The molecular weight excluding hydrogens is 254 g/mol. The highest BCUT2D eigenvalue weighted by Gasteiger charge is 2.08. The highest BCUT2D eigenvalue weighted by atomic mass is 16.5. The summed E-state index contributed by atoms with van der Waals surface area (Å²) in [7, 11) is 5.36. The lowest BCUT2D eigenvalue weighted by Crippen LogP contribution is -2.15. The topological polar surface area (TPSA) is 54.5 Å².